The van der Waals surface area contributed by atoms with E-state index in [-0.39, 0.29) is 16.7 Å². The first-order chi connectivity index (χ1) is 8.42. The van der Waals surface area contributed by atoms with Crippen LogP contribution in [0.5, 0.6) is 0 Å². The van der Waals surface area contributed by atoms with Gasteiger partial charge in [0, 0.05) is 26.5 Å². The third kappa shape index (κ3) is 2.40. The Bertz CT molecular complexity index is 660. The van der Waals surface area contributed by atoms with Gasteiger partial charge in [0.05, 0.1) is 12.9 Å². The number of sulfonamides is 1. The Balaban J connectivity index is 2.18. The zero-order valence-electron chi connectivity index (χ0n) is 9.83. The molecule has 2 rings (SSSR count). The molecule has 0 aliphatic rings. The van der Waals surface area contributed by atoms with Crippen LogP contribution < -0.4 is 4.72 Å². The van der Waals surface area contributed by atoms with Gasteiger partial charge in [-0.2, -0.15) is 0 Å². The zero-order valence-corrected chi connectivity index (χ0v) is 11.4. The summed E-state index contributed by atoms with van der Waals surface area (Å²) in [7, 11) is -0.330. The van der Waals surface area contributed by atoms with Gasteiger partial charge in [-0.3, -0.25) is 0 Å². The molecule has 0 aliphatic heterocycles. The number of nitrogens with one attached hydrogen (secondary N) is 1. The second kappa shape index (κ2) is 4.71. The van der Waals surface area contributed by atoms with Crippen LogP contribution in [0.3, 0.4) is 0 Å². The van der Waals surface area contributed by atoms with Crippen LogP contribution in [-0.4, -0.2) is 27.5 Å². The maximum atomic E-state index is 12.0. The highest BCUT2D eigenvalue weighted by Crippen LogP contribution is 2.18. The summed E-state index contributed by atoms with van der Waals surface area (Å²) in [6.45, 7) is 0.0821. The van der Waals surface area contributed by atoms with Gasteiger partial charge in [0.2, 0.25) is 5.03 Å². The SMILES string of the molecule is Cn1ccnc1CNS(=O)(=O)c1ncn(C)c1Cl. The van der Waals surface area contributed by atoms with Crippen molar-refractivity contribution in [1.29, 1.82) is 0 Å². The second-order valence-electron chi connectivity index (χ2n) is 3.73. The molecule has 0 unspecified atom stereocenters. The minimum atomic E-state index is -3.73. The normalized spacial score (nSPS) is 11.9. The first-order valence-electron chi connectivity index (χ1n) is 5.04. The topological polar surface area (TPSA) is 81.8 Å². The quantitative estimate of drug-likeness (QED) is 0.877. The molecule has 0 aliphatic carbocycles. The highest BCUT2D eigenvalue weighted by molar-refractivity contribution is 7.89. The van der Waals surface area contributed by atoms with Crippen molar-refractivity contribution in [2.24, 2.45) is 14.1 Å². The fourth-order valence-electron chi connectivity index (χ4n) is 1.37. The first-order valence-corrected chi connectivity index (χ1v) is 6.90. The Hall–Kier alpha value is -1.38. The van der Waals surface area contributed by atoms with Crippen molar-refractivity contribution in [3.05, 3.63) is 29.7 Å². The fourth-order valence-corrected chi connectivity index (χ4v) is 2.77. The van der Waals surface area contributed by atoms with Crippen LogP contribution in [0.25, 0.3) is 0 Å². The van der Waals surface area contributed by atoms with Gasteiger partial charge in [0.25, 0.3) is 10.0 Å². The maximum Gasteiger partial charge on any atom is 0.261 e. The van der Waals surface area contributed by atoms with E-state index >= 15 is 0 Å². The van der Waals surface area contributed by atoms with Crippen molar-refractivity contribution in [2.45, 2.75) is 11.6 Å². The Labute approximate surface area is 109 Å². The minimum absolute atomic E-state index is 0.0716. The van der Waals surface area contributed by atoms with Gasteiger partial charge in [0.1, 0.15) is 11.0 Å². The van der Waals surface area contributed by atoms with Gasteiger partial charge < -0.3 is 9.13 Å². The lowest BCUT2D eigenvalue weighted by atomic mass is 10.6. The molecular formula is C9H12ClN5O2S. The summed E-state index contributed by atoms with van der Waals surface area (Å²) in [6, 6.07) is 0. The zero-order chi connectivity index (χ0) is 13.3. The standard InChI is InChI=1S/C9H12ClN5O2S/c1-14-4-3-11-7(14)5-13-18(16,17)9-8(10)15(2)6-12-9/h3-4,6,13H,5H2,1-2H3. The van der Waals surface area contributed by atoms with Crippen molar-refractivity contribution in [3.8, 4) is 0 Å². The van der Waals surface area contributed by atoms with E-state index in [4.69, 9.17) is 11.6 Å². The lowest BCUT2D eigenvalue weighted by Crippen LogP contribution is -2.25. The summed E-state index contributed by atoms with van der Waals surface area (Å²) >= 11 is 5.85. The number of imidazole rings is 2. The first kappa shape index (κ1) is 13.1. The molecule has 18 heavy (non-hydrogen) atoms. The predicted octanol–water partition coefficient (Wildman–Crippen LogP) is 0.285. The molecule has 1 N–H and O–H groups in total. The molecule has 98 valence electrons. The second-order valence-corrected chi connectivity index (χ2v) is 5.77. The lowest BCUT2D eigenvalue weighted by Gasteiger charge is -2.05. The summed E-state index contributed by atoms with van der Waals surface area (Å²) in [5.41, 5.74) is 0. The van der Waals surface area contributed by atoms with Gasteiger partial charge in [-0.05, 0) is 0 Å². The Morgan fingerprint density at radius 2 is 2.06 bits per heavy atom. The van der Waals surface area contributed by atoms with Crippen LogP contribution in [0.2, 0.25) is 5.15 Å². The van der Waals surface area contributed by atoms with E-state index in [1.165, 1.54) is 10.9 Å². The van der Waals surface area contributed by atoms with E-state index in [0.717, 1.165) is 0 Å². The molecule has 9 heteroatoms. The third-order valence-electron chi connectivity index (χ3n) is 2.43. The predicted molar refractivity (Wildman–Crippen MR) is 65.5 cm³/mol. The number of nitrogens with zero attached hydrogens (tertiary/aromatic N) is 4. The van der Waals surface area contributed by atoms with Gasteiger partial charge in [-0.15, -0.1) is 0 Å². The maximum absolute atomic E-state index is 12.0. The smallest absolute Gasteiger partial charge is 0.261 e. The van der Waals surface area contributed by atoms with Gasteiger partial charge >= 0.3 is 0 Å². The van der Waals surface area contributed by atoms with Gasteiger partial charge in [-0.25, -0.2) is 23.1 Å². The summed E-state index contributed by atoms with van der Waals surface area (Å²) in [5.74, 6) is 0.602. The van der Waals surface area contributed by atoms with Crippen molar-refractivity contribution in [2.75, 3.05) is 0 Å². The number of aromatic nitrogens is 4. The summed E-state index contributed by atoms with van der Waals surface area (Å²) in [5, 5.41) is -0.108. The average molecular weight is 290 g/mol. The molecule has 0 fully saturated rings. The monoisotopic (exact) mass is 289 g/mol. The van der Waals surface area contributed by atoms with Crippen LogP contribution in [0.4, 0.5) is 0 Å². The van der Waals surface area contributed by atoms with Crippen molar-refractivity contribution >= 4 is 21.6 Å². The molecule has 0 saturated carbocycles. The largest absolute Gasteiger partial charge is 0.337 e. The molecular weight excluding hydrogens is 278 g/mol. The molecule has 0 bridgehead atoms. The Morgan fingerprint density at radius 1 is 1.33 bits per heavy atom. The number of halogens is 1. The van der Waals surface area contributed by atoms with E-state index in [9.17, 15) is 8.42 Å². The molecule has 2 aromatic heterocycles. The van der Waals surface area contributed by atoms with E-state index in [1.807, 2.05) is 0 Å². The summed E-state index contributed by atoms with van der Waals surface area (Å²) in [4.78, 5) is 7.78. The lowest BCUT2D eigenvalue weighted by molar-refractivity contribution is 0.574. The van der Waals surface area contributed by atoms with E-state index in [2.05, 4.69) is 14.7 Å². The van der Waals surface area contributed by atoms with Crippen molar-refractivity contribution in [3.63, 3.8) is 0 Å². The van der Waals surface area contributed by atoms with Gasteiger partial charge in [-0.1, -0.05) is 11.6 Å². The molecule has 2 heterocycles. The molecule has 0 amide bonds. The Kier molecular flexibility index (Phi) is 3.42. The number of rotatable bonds is 4. The molecule has 0 radical (unpaired) electrons. The highest BCUT2D eigenvalue weighted by atomic mass is 35.5. The van der Waals surface area contributed by atoms with Crippen LogP contribution in [-0.2, 0) is 30.7 Å². The number of hydrogen-bond acceptors (Lipinski definition) is 4. The molecule has 7 nitrogen and oxygen atoms in total. The van der Waals surface area contributed by atoms with Crippen LogP contribution in [0.15, 0.2) is 23.7 Å². The molecule has 2 aromatic rings. The van der Waals surface area contributed by atoms with Gasteiger partial charge in [0.15, 0.2) is 0 Å². The van der Waals surface area contributed by atoms with E-state index in [0.29, 0.717) is 5.82 Å². The van der Waals surface area contributed by atoms with E-state index in [1.54, 1.807) is 31.1 Å². The fraction of sp³-hybridized carbons (Fsp3) is 0.333. The molecule has 0 spiro atoms. The molecule has 0 saturated heterocycles. The van der Waals surface area contributed by atoms with Crippen LogP contribution >= 0.6 is 11.6 Å². The van der Waals surface area contributed by atoms with Crippen LogP contribution in [0.1, 0.15) is 5.82 Å². The van der Waals surface area contributed by atoms with Crippen LogP contribution in [0, 0.1) is 0 Å². The summed E-state index contributed by atoms with van der Waals surface area (Å²) < 4.78 is 29.5. The van der Waals surface area contributed by atoms with Crippen molar-refractivity contribution in [1.82, 2.24) is 23.8 Å². The summed E-state index contributed by atoms with van der Waals surface area (Å²) in [6.07, 6.45) is 4.67. The third-order valence-corrected chi connectivity index (χ3v) is 4.32. The number of hydrogen-bond donors (Lipinski definition) is 1. The average Bonchev–Trinajstić information content (AvgIpc) is 2.85. The number of aryl methyl sites for hydroxylation is 2. The Morgan fingerprint density at radius 3 is 2.56 bits per heavy atom. The highest BCUT2D eigenvalue weighted by Gasteiger charge is 2.22. The molecule has 0 aromatic carbocycles. The van der Waals surface area contributed by atoms with Crippen molar-refractivity contribution < 1.29 is 8.42 Å². The minimum Gasteiger partial charge on any atom is -0.337 e. The van der Waals surface area contributed by atoms with E-state index < -0.39 is 10.0 Å². The molecule has 0 atom stereocenters.